The van der Waals surface area contributed by atoms with Crippen LogP contribution in [0.25, 0.3) is 0 Å². The molecule has 0 heterocycles. The van der Waals surface area contributed by atoms with Crippen molar-refractivity contribution in [2.24, 2.45) is 11.7 Å². The molecule has 4 heteroatoms. The molecule has 0 aliphatic heterocycles. The number of hydrogen-bond acceptors (Lipinski definition) is 3. The molecule has 0 saturated carbocycles. The lowest BCUT2D eigenvalue weighted by Crippen LogP contribution is -2.33. The molecule has 4 nitrogen and oxygen atoms in total. The summed E-state index contributed by atoms with van der Waals surface area (Å²) in [6, 6.07) is 5.75. The first-order valence-corrected chi connectivity index (χ1v) is 6.73. The van der Waals surface area contributed by atoms with Gasteiger partial charge in [0, 0.05) is 30.4 Å². The Hall–Kier alpha value is -1.55. The van der Waals surface area contributed by atoms with E-state index in [1.165, 1.54) is 0 Å². The molecule has 0 spiro atoms. The van der Waals surface area contributed by atoms with Crippen molar-refractivity contribution in [1.82, 2.24) is 4.90 Å². The second kappa shape index (κ2) is 6.57. The molecule has 0 bridgehead atoms. The molecule has 19 heavy (non-hydrogen) atoms. The standard InChI is InChI=1S/C15H25N3O/c1-10(2)8-18(11(3)4)9-13-6-5-12(15(17)19)7-14(13)16/h5-7,10-11H,8-9,16H2,1-4H3,(H2,17,19). The Morgan fingerprint density at radius 3 is 2.32 bits per heavy atom. The van der Waals surface area contributed by atoms with E-state index >= 15 is 0 Å². The van der Waals surface area contributed by atoms with Gasteiger partial charge in [-0.2, -0.15) is 0 Å². The molecular weight excluding hydrogens is 238 g/mol. The van der Waals surface area contributed by atoms with Gasteiger partial charge in [0.15, 0.2) is 0 Å². The zero-order valence-electron chi connectivity index (χ0n) is 12.3. The molecule has 0 aliphatic carbocycles. The highest BCUT2D eigenvalue weighted by Gasteiger charge is 2.14. The minimum atomic E-state index is -0.443. The molecule has 0 atom stereocenters. The topological polar surface area (TPSA) is 72.3 Å². The van der Waals surface area contributed by atoms with E-state index in [-0.39, 0.29) is 0 Å². The lowest BCUT2D eigenvalue weighted by Gasteiger charge is -2.28. The van der Waals surface area contributed by atoms with Crippen molar-refractivity contribution in [2.45, 2.75) is 40.3 Å². The number of nitrogen functional groups attached to an aromatic ring is 1. The smallest absolute Gasteiger partial charge is 0.248 e. The van der Waals surface area contributed by atoms with E-state index in [1.807, 2.05) is 6.07 Å². The maximum Gasteiger partial charge on any atom is 0.248 e. The zero-order valence-corrected chi connectivity index (χ0v) is 12.3. The number of benzene rings is 1. The summed E-state index contributed by atoms with van der Waals surface area (Å²) in [4.78, 5) is 13.5. The number of amides is 1. The molecule has 1 aromatic carbocycles. The van der Waals surface area contributed by atoms with Crippen LogP contribution in [0.1, 0.15) is 43.6 Å². The predicted octanol–water partition coefficient (Wildman–Crippen LogP) is 2.23. The normalized spacial score (nSPS) is 11.5. The Morgan fingerprint density at radius 1 is 1.26 bits per heavy atom. The van der Waals surface area contributed by atoms with Gasteiger partial charge in [-0.1, -0.05) is 19.9 Å². The number of nitrogens with two attached hydrogens (primary N) is 2. The predicted molar refractivity (Wildman–Crippen MR) is 79.8 cm³/mol. The van der Waals surface area contributed by atoms with Gasteiger partial charge in [0.2, 0.25) is 5.91 Å². The summed E-state index contributed by atoms with van der Waals surface area (Å²) >= 11 is 0. The fourth-order valence-corrected chi connectivity index (χ4v) is 2.04. The monoisotopic (exact) mass is 263 g/mol. The molecule has 0 saturated heterocycles. The van der Waals surface area contributed by atoms with Crippen LogP contribution in [0.2, 0.25) is 0 Å². The van der Waals surface area contributed by atoms with Crippen molar-refractivity contribution in [3.8, 4) is 0 Å². The Balaban J connectivity index is 2.88. The van der Waals surface area contributed by atoms with E-state index in [1.54, 1.807) is 12.1 Å². The first kappa shape index (κ1) is 15.5. The van der Waals surface area contributed by atoms with E-state index in [4.69, 9.17) is 11.5 Å². The molecule has 1 aromatic rings. The number of hydrogen-bond donors (Lipinski definition) is 2. The zero-order chi connectivity index (χ0) is 14.6. The van der Waals surface area contributed by atoms with Crippen LogP contribution in [0, 0.1) is 5.92 Å². The Morgan fingerprint density at radius 2 is 1.89 bits per heavy atom. The van der Waals surface area contributed by atoms with Crippen LogP contribution in [0.5, 0.6) is 0 Å². The number of anilines is 1. The third-order valence-electron chi connectivity index (χ3n) is 3.13. The van der Waals surface area contributed by atoms with Crippen LogP contribution in [-0.4, -0.2) is 23.4 Å². The summed E-state index contributed by atoms with van der Waals surface area (Å²) in [5.74, 6) is 0.162. The van der Waals surface area contributed by atoms with Gasteiger partial charge in [0.1, 0.15) is 0 Å². The van der Waals surface area contributed by atoms with Gasteiger partial charge >= 0.3 is 0 Å². The van der Waals surface area contributed by atoms with E-state index in [9.17, 15) is 4.79 Å². The van der Waals surface area contributed by atoms with Crippen molar-refractivity contribution >= 4 is 11.6 Å². The first-order chi connectivity index (χ1) is 8.81. The van der Waals surface area contributed by atoms with Gasteiger partial charge in [-0.15, -0.1) is 0 Å². The van der Waals surface area contributed by atoms with Gasteiger partial charge in [-0.05, 0) is 37.5 Å². The average Bonchev–Trinajstić information content (AvgIpc) is 2.29. The van der Waals surface area contributed by atoms with Crippen LogP contribution in [0.15, 0.2) is 18.2 Å². The number of rotatable bonds is 6. The van der Waals surface area contributed by atoms with Crippen LogP contribution < -0.4 is 11.5 Å². The maximum absolute atomic E-state index is 11.1. The van der Waals surface area contributed by atoms with Crippen molar-refractivity contribution in [2.75, 3.05) is 12.3 Å². The molecule has 0 aromatic heterocycles. The molecule has 0 aliphatic rings. The van der Waals surface area contributed by atoms with Gasteiger partial charge in [-0.25, -0.2) is 0 Å². The third kappa shape index (κ3) is 4.56. The summed E-state index contributed by atoms with van der Waals surface area (Å²) in [6.45, 7) is 10.6. The Bertz CT molecular complexity index is 441. The molecule has 0 fully saturated rings. The molecule has 1 amide bonds. The summed E-state index contributed by atoms with van der Waals surface area (Å²) in [5, 5.41) is 0. The highest BCUT2D eigenvalue weighted by Crippen LogP contribution is 2.18. The van der Waals surface area contributed by atoms with Gasteiger partial charge in [0.05, 0.1) is 0 Å². The number of primary amides is 1. The molecule has 4 N–H and O–H groups in total. The minimum Gasteiger partial charge on any atom is -0.398 e. The van der Waals surface area contributed by atoms with E-state index in [2.05, 4.69) is 32.6 Å². The van der Waals surface area contributed by atoms with Crippen molar-refractivity contribution in [3.05, 3.63) is 29.3 Å². The molecule has 0 radical (unpaired) electrons. The summed E-state index contributed by atoms with van der Waals surface area (Å²) in [7, 11) is 0. The highest BCUT2D eigenvalue weighted by atomic mass is 16.1. The average molecular weight is 263 g/mol. The minimum absolute atomic E-state index is 0.443. The summed E-state index contributed by atoms with van der Waals surface area (Å²) in [6.07, 6.45) is 0. The Labute approximate surface area is 115 Å². The first-order valence-electron chi connectivity index (χ1n) is 6.73. The molecular formula is C15H25N3O. The van der Waals surface area contributed by atoms with Crippen LogP contribution in [0.3, 0.4) is 0 Å². The number of carbonyl (C=O) groups excluding carboxylic acids is 1. The highest BCUT2D eigenvalue weighted by molar-refractivity contribution is 5.93. The molecule has 106 valence electrons. The van der Waals surface area contributed by atoms with Gasteiger partial charge in [0.25, 0.3) is 0 Å². The fraction of sp³-hybridized carbons (Fsp3) is 0.533. The quantitative estimate of drug-likeness (QED) is 0.773. The largest absolute Gasteiger partial charge is 0.398 e. The summed E-state index contributed by atoms with van der Waals surface area (Å²) in [5.41, 5.74) is 13.4. The molecule has 1 rings (SSSR count). The van der Waals surface area contributed by atoms with E-state index < -0.39 is 5.91 Å². The van der Waals surface area contributed by atoms with E-state index in [0.29, 0.717) is 23.2 Å². The second-order valence-electron chi connectivity index (χ2n) is 5.69. The lowest BCUT2D eigenvalue weighted by molar-refractivity contribution is 0.100. The molecule has 0 unspecified atom stereocenters. The van der Waals surface area contributed by atoms with Gasteiger partial charge < -0.3 is 11.5 Å². The van der Waals surface area contributed by atoms with Crippen molar-refractivity contribution in [3.63, 3.8) is 0 Å². The van der Waals surface area contributed by atoms with Crippen LogP contribution in [-0.2, 0) is 6.54 Å². The lowest BCUT2D eigenvalue weighted by atomic mass is 10.1. The van der Waals surface area contributed by atoms with E-state index in [0.717, 1.165) is 18.7 Å². The number of carbonyl (C=O) groups is 1. The van der Waals surface area contributed by atoms with Gasteiger partial charge in [-0.3, -0.25) is 9.69 Å². The maximum atomic E-state index is 11.1. The Kier molecular flexibility index (Phi) is 5.36. The fourth-order valence-electron chi connectivity index (χ4n) is 2.04. The van der Waals surface area contributed by atoms with Crippen molar-refractivity contribution < 1.29 is 4.79 Å². The summed E-state index contributed by atoms with van der Waals surface area (Å²) < 4.78 is 0. The van der Waals surface area contributed by atoms with Crippen molar-refractivity contribution in [1.29, 1.82) is 0 Å². The SMILES string of the molecule is CC(C)CN(Cc1ccc(C(N)=O)cc1N)C(C)C. The van der Waals surface area contributed by atoms with Crippen LogP contribution in [0.4, 0.5) is 5.69 Å². The van der Waals surface area contributed by atoms with Crippen LogP contribution >= 0.6 is 0 Å². The second-order valence-corrected chi connectivity index (χ2v) is 5.69. The third-order valence-corrected chi connectivity index (χ3v) is 3.13. The number of nitrogens with zero attached hydrogens (tertiary/aromatic N) is 1.